The Morgan fingerprint density at radius 3 is 2.50 bits per heavy atom. The van der Waals surface area contributed by atoms with Crippen molar-refractivity contribution in [3.05, 3.63) is 45.5 Å². The van der Waals surface area contributed by atoms with Gasteiger partial charge in [0.1, 0.15) is 11.6 Å². The number of amides is 4. The minimum absolute atomic E-state index is 0.0246. The molecule has 2 fully saturated rings. The number of anilines is 1. The molecule has 2 aromatic rings. The molecule has 226 valence electrons. The van der Waals surface area contributed by atoms with Gasteiger partial charge in [-0.25, -0.2) is 9.78 Å². The third kappa shape index (κ3) is 6.59. The van der Waals surface area contributed by atoms with Crippen LogP contribution < -0.4 is 10.6 Å². The molecule has 4 amide bonds. The first-order valence-corrected chi connectivity index (χ1v) is 14.6. The summed E-state index contributed by atoms with van der Waals surface area (Å²) in [6.07, 6.45) is -3.62. The van der Waals surface area contributed by atoms with Gasteiger partial charge in [-0.15, -0.1) is 0 Å². The quantitative estimate of drug-likeness (QED) is 0.475. The van der Waals surface area contributed by atoms with Crippen LogP contribution in [0.4, 0.5) is 23.1 Å². The second kappa shape index (κ2) is 11.3. The second-order valence-corrected chi connectivity index (χ2v) is 12.9. The zero-order chi connectivity index (χ0) is 30.4. The Bertz CT molecular complexity index is 1410. The highest BCUT2D eigenvalue weighted by Crippen LogP contribution is 2.39. The predicted molar refractivity (Wildman–Crippen MR) is 147 cm³/mol. The van der Waals surface area contributed by atoms with Crippen molar-refractivity contribution in [2.24, 2.45) is 0 Å². The van der Waals surface area contributed by atoms with E-state index in [0.29, 0.717) is 44.5 Å². The van der Waals surface area contributed by atoms with Crippen LogP contribution in [0.25, 0.3) is 0 Å². The average Bonchev–Trinajstić information content (AvgIpc) is 3.43. The maximum Gasteiger partial charge on any atom is 0.434 e. The Kier molecular flexibility index (Phi) is 8.05. The van der Waals surface area contributed by atoms with Gasteiger partial charge in [0.05, 0.1) is 4.88 Å². The SMILES string of the molecule is CC(C)(C)OC(=O)Nc1nc(C(F)(F)F)c(CN2CCC(c3ccc4c(c3)CN(C3CCC(=O)NC3=O)C4=O)CC2)s1. The van der Waals surface area contributed by atoms with Gasteiger partial charge in [0.15, 0.2) is 10.8 Å². The van der Waals surface area contributed by atoms with Crippen LogP contribution in [0.2, 0.25) is 0 Å². The van der Waals surface area contributed by atoms with Crippen LogP contribution in [0.15, 0.2) is 18.2 Å². The number of likely N-dealkylation sites (tertiary alicyclic amines) is 1. The highest BCUT2D eigenvalue weighted by Gasteiger charge is 2.40. The monoisotopic (exact) mass is 607 g/mol. The van der Waals surface area contributed by atoms with Crippen LogP contribution in [0, 0.1) is 0 Å². The third-order valence-electron chi connectivity index (χ3n) is 7.55. The van der Waals surface area contributed by atoms with Gasteiger partial charge >= 0.3 is 12.3 Å². The summed E-state index contributed by atoms with van der Waals surface area (Å²) in [6.45, 7) is 6.43. The number of hydrogen-bond donors (Lipinski definition) is 2. The molecule has 1 atom stereocenters. The van der Waals surface area contributed by atoms with E-state index in [9.17, 15) is 32.3 Å². The number of thiazole rings is 1. The fraction of sp³-hybridized carbons (Fsp3) is 0.536. The first-order chi connectivity index (χ1) is 19.7. The van der Waals surface area contributed by atoms with Crippen molar-refractivity contribution >= 4 is 40.3 Å². The molecule has 5 rings (SSSR count). The lowest BCUT2D eigenvalue weighted by molar-refractivity contribution is -0.141. The van der Waals surface area contributed by atoms with Crippen molar-refractivity contribution < 1.29 is 37.1 Å². The Morgan fingerprint density at radius 2 is 1.86 bits per heavy atom. The molecule has 2 N–H and O–H groups in total. The van der Waals surface area contributed by atoms with Gasteiger partial charge in [-0.05, 0) is 76.2 Å². The Morgan fingerprint density at radius 1 is 1.14 bits per heavy atom. The van der Waals surface area contributed by atoms with Crippen molar-refractivity contribution in [3.8, 4) is 0 Å². The first-order valence-electron chi connectivity index (χ1n) is 13.7. The molecule has 1 aromatic carbocycles. The molecule has 0 bridgehead atoms. The molecular formula is C28H32F3N5O5S. The van der Waals surface area contributed by atoms with Gasteiger partial charge in [-0.1, -0.05) is 23.5 Å². The van der Waals surface area contributed by atoms with E-state index in [4.69, 9.17) is 4.74 Å². The number of alkyl halides is 3. The van der Waals surface area contributed by atoms with Crippen LogP contribution in [-0.2, 0) is 33.6 Å². The summed E-state index contributed by atoms with van der Waals surface area (Å²) in [6, 6.07) is 4.99. The van der Waals surface area contributed by atoms with E-state index in [1.807, 2.05) is 17.0 Å². The van der Waals surface area contributed by atoms with Gasteiger partial charge in [0.25, 0.3) is 5.91 Å². The molecule has 0 saturated carbocycles. The van der Waals surface area contributed by atoms with E-state index in [1.54, 1.807) is 26.8 Å². The number of carbonyl (C=O) groups excluding carboxylic acids is 4. The zero-order valence-electron chi connectivity index (χ0n) is 23.5. The summed E-state index contributed by atoms with van der Waals surface area (Å²) in [5.41, 5.74) is 0.604. The summed E-state index contributed by atoms with van der Waals surface area (Å²) in [5.74, 6) is -0.857. The number of nitrogens with zero attached hydrogens (tertiary/aromatic N) is 3. The third-order valence-corrected chi connectivity index (χ3v) is 8.50. The molecular weight excluding hydrogens is 575 g/mol. The number of imide groups is 1. The number of piperidine rings is 2. The van der Waals surface area contributed by atoms with E-state index in [0.717, 1.165) is 22.5 Å². The molecule has 2 saturated heterocycles. The molecule has 4 heterocycles. The van der Waals surface area contributed by atoms with Crippen LogP contribution in [0.5, 0.6) is 0 Å². The number of nitrogens with one attached hydrogen (secondary N) is 2. The van der Waals surface area contributed by atoms with Crippen molar-refractivity contribution in [3.63, 3.8) is 0 Å². The predicted octanol–water partition coefficient (Wildman–Crippen LogP) is 4.65. The largest absolute Gasteiger partial charge is 0.444 e. The van der Waals surface area contributed by atoms with E-state index in [2.05, 4.69) is 15.6 Å². The van der Waals surface area contributed by atoms with Crippen molar-refractivity contribution in [2.75, 3.05) is 18.4 Å². The van der Waals surface area contributed by atoms with Crippen LogP contribution in [0.3, 0.4) is 0 Å². The van der Waals surface area contributed by atoms with Crippen molar-refractivity contribution in [2.45, 2.75) is 83.3 Å². The van der Waals surface area contributed by atoms with E-state index >= 15 is 0 Å². The standard InChI is InChI=1S/C28H32F3N5O5S/c1-27(2,3)41-26(40)34-25-33-22(28(29,30)31)20(42-25)14-35-10-8-15(9-11-35)16-4-5-18-17(12-16)13-36(24(18)39)19-6-7-21(37)32-23(19)38/h4-5,12,15,19H,6-11,13-14H2,1-3H3,(H,32,37,38)(H,33,34,40). The van der Waals surface area contributed by atoms with Crippen molar-refractivity contribution in [1.82, 2.24) is 20.1 Å². The number of aromatic nitrogens is 1. The average molecular weight is 608 g/mol. The van der Waals surface area contributed by atoms with Gasteiger partial charge in [-0.3, -0.25) is 29.9 Å². The van der Waals surface area contributed by atoms with Crippen LogP contribution >= 0.6 is 11.3 Å². The molecule has 1 unspecified atom stereocenters. The Labute approximate surface area is 244 Å². The smallest absolute Gasteiger partial charge is 0.434 e. The lowest BCUT2D eigenvalue weighted by atomic mass is 9.88. The lowest BCUT2D eigenvalue weighted by Crippen LogP contribution is -2.52. The summed E-state index contributed by atoms with van der Waals surface area (Å²) in [4.78, 5) is 56.0. The van der Waals surface area contributed by atoms with Gasteiger partial charge < -0.3 is 9.64 Å². The normalized spacial score (nSPS) is 20.5. The fourth-order valence-corrected chi connectivity index (χ4v) is 6.61. The molecule has 42 heavy (non-hydrogen) atoms. The lowest BCUT2D eigenvalue weighted by Gasteiger charge is -2.32. The van der Waals surface area contributed by atoms with E-state index in [1.165, 1.54) is 4.90 Å². The number of benzene rings is 1. The molecule has 1 aromatic heterocycles. The van der Waals surface area contributed by atoms with Gasteiger partial charge in [-0.2, -0.15) is 13.2 Å². The minimum atomic E-state index is -4.67. The molecule has 14 heteroatoms. The topological polar surface area (TPSA) is 121 Å². The van der Waals surface area contributed by atoms with E-state index < -0.39 is 35.5 Å². The van der Waals surface area contributed by atoms with Crippen molar-refractivity contribution in [1.29, 1.82) is 0 Å². The van der Waals surface area contributed by atoms with Gasteiger partial charge in [0.2, 0.25) is 11.8 Å². The minimum Gasteiger partial charge on any atom is -0.444 e. The maximum atomic E-state index is 13.7. The molecule has 0 aliphatic carbocycles. The van der Waals surface area contributed by atoms with Crippen LogP contribution in [0.1, 0.15) is 84.4 Å². The van der Waals surface area contributed by atoms with Crippen LogP contribution in [-0.4, -0.2) is 63.3 Å². The number of carbonyl (C=O) groups is 4. The number of hydrogen-bond acceptors (Lipinski definition) is 8. The summed E-state index contributed by atoms with van der Waals surface area (Å²) in [5, 5.41) is 4.45. The Balaban J connectivity index is 1.21. The number of halogens is 3. The molecule has 3 aliphatic rings. The summed E-state index contributed by atoms with van der Waals surface area (Å²) < 4.78 is 46.4. The fourth-order valence-electron chi connectivity index (χ4n) is 5.60. The highest BCUT2D eigenvalue weighted by atomic mass is 32.1. The number of rotatable bonds is 5. The Hall–Kier alpha value is -3.52. The molecule has 10 nitrogen and oxygen atoms in total. The molecule has 3 aliphatic heterocycles. The zero-order valence-corrected chi connectivity index (χ0v) is 24.3. The molecule has 0 spiro atoms. The first kappa shape index (κ1) is 30.0. The number of ether oxygens (including phenoxy) is 1. The summed E-state index contributed by atoms with van der Waals surface area (Å²) >= 11 is 0.789. The molecule has 0 radical (unpaired) electrons. The summed E-state index contributed by atoms with van der Waals surface area (Å²) in [7, 11) is 0. The highest BCUT2D eigenvalue weighted by molar-refractivity contribution is 7.15. The van der Waals surface area contributed by atoms with Gasteiger partial charge in [0, 0.05) is 25.1 Å². The maximum absolute atomic E-state index is 13.7. The van der Waals surface area contributed by atoms with E-state index in [-0.39, 0.29) is 40.7 Å². The second-order valence-electron chi connectivity index (χ2n) is 11.8. The number of fused-ring (bicyclic) bond motifs is 1.